The molecule has 0 aliphatic rings. The summed E-state index contributed by atoms with van der Waals surface area (Å²) in [7, 11) is 0. The number of aryl methyl sites for hydroxylation is 2. The molecule has 2 aromatic carbocycles. The van der Waals surface area contributed by atoms with Gasteiger partial charge in [-0.1, -0.05) is 24.3 Å². The molecule has 0 radical (unpaired) electrons. The van der Waals surface area contributed by atoms with Crippen LogP contribution in [0.4, 0.5) is 0 Å². The number of hydrazone groups is 1. The van der Waals surface area contributed by atoms with Crippen molar-refractivity contribution < 1.29 is 9.53 Å². The number of carbonyl (C=O) groups excluding carboxylic acids is 1. The van der Waals surface area contributed by atoms with Gasteiger partial charge < -0.3 is 4.74 Å². The Morgan fingerprint density at radius 1 is 1.21 bits per heavy atom. The molecule has 0 bridgehead atoms. The predicted octanol–water partition coefficient (Wildman–Crippen LogP) is 3.09. The molecule has 0 aliphatic heterocycles. The third-order valence-corrected chi connectivity index (χ3v) is 3.48. The second-order valence-corrected chi connectivity index (χ2v) is 5.48. The highest BCUT2D eigenvalue weighted by Crippen LogP contribution is 2.18. The molecule has 0 fully saturated rings. The monoisotopic (exact) mass is 321 g/mol. The fraction of sp³-hybridized carbons (Fsp3) is 0.211. The Morgan fingerprint density at radius 3 is 2.58 bits per heavy atom. The molecular weight excluding hydrogens is 302 g/mol. The third-order valence-electron chi connectivity index (χ3n) is 3.48. The van der Waals surface area contributed by atoms with Crippen LogP contribution in [0.15, 0.2) is 47.6 Å². The number of carbonyl (C=O) groups is 1. The van der Waals surface area contributed by atoms with Gasteiger partial charge >= 0.3 is 0 Å². The summed E-state index contributed by atoms with van der Waals surface area (Å²) in [5.74, 6) is 0.363. The Hall–Kier alpha value is -3.13. The highest BCUT2D eigenvalue weighted by molar-refractivity contribution is 5.99. The molecule has 1 N–H and O–H groups in total. The van der Waals surface area contributed by atoms with Gasteiger partial charge in [-0.25, -0.2) is 5.43 Å². The largest absolute Gasteiger partial charge is 0.483 e. The van der Waals surface area contributed by atoms with Crippen LogP contribution in [0.1, 0.15) is 29.2 Å². The SMILES string of the molecule is C/C(=N\NC(=O)COc1cc(C)ccc1C)c1ccc(C#N)cc1. The van der Waals surface area contributed by atoms with Crippen LogP contribution in [0.2, 0.25) is 0 Å². The Bertz CT molecular complexity index is 802. The van der Waals surface area contributed by atoms with Crippen molar-refractivity contribution in [3.05, 3.63) is 64.7 Å². The van der Waals surface area contributed by atoms with Gasteiger partial charge in [0.25, 0.3) is 5.91 Å². The molecule has 0 aliphatic carbocycles. The summed E-state index contributed by atoms with van der Waals surface area (Å²) in [5.41, 5.74) is 6.60. The molecule has 1 amide bonds. The minimum atomic E-state index is -0.330. The standard InChI is InChI=1S/C19H19N3O2/c1-13-4-5-14(2)18(10-13)24-12-19(23)22-21-15(3)17-8-6-16(11-20)7-9-17/h4-10H,12H2,1-3H3,(H,22,23)/b21-15+. The zero-order valence-corrected chi connectivity index (χ0v) is 14.0. The lowest BCUT2D eigenvalue weighted by molar-refractivity contribution is -0.123. The lowest BCUT2D eigenvalue weighted by Crippen LogP contribution is -2.25. The van der Waals surface area contributed by atoms with Crippen LogP contribution in [-0.4, -0.2) is 18.2 Å². The van der Waals surface area contributed by atoms with Crippen molar-refractivity contribution in [1.82, 2.24) is 5.43 Å². The molecule has 5 nitrogen and oxygen atoms in total. The normalized spacial score (nSPS) is 10.8. The van der Waals surface area contributed by atoms with E-state index in [2.05, 4.69) is 16.6 Å². The van der Waals surface area contributed by atoms with E-state index in [9.17, 15) is 4.79 Å². The molecule has 2 rings (SSSR count). The van der Waals surface area contributed by atoms with Crippen LogP contribution in [0.3, 0.4) is 0 Å². The highest BCUT2D eigenvalue weighted by atomic mass is 16.5. The molecule has 122 valence electrons. The van der Waals surface area contributed by atoms with Gasteiger partial charge in [0.15, 0.2) is 6.61 Å². The average molecular weight is 321 g/mol. The van der Waals surface area contributed by atoms with Crippen LogP contribution in [-0.2, 0) is 4.79 Å². The first-order chi connectivity index (χ1) is 11.5. The summed E-state index contributed by atoms with van der Waals surface area (Å²) in [6.07, 6.45) is 0. The Morgan fingerprint density at radius 2 is 1.92 bits per heavy atom. The molecule has 0 aromatic heterocycles. The third kappa shape index (κ3) is 4.68. The minimum absolute atomic E-state index is 0.103. The van der Waals surface area contributed by atoms with E-state index >= 15 is 0 Å². The Labute approximate surface area is 141 Å². The van der Waals surface area contributed by atoms with Crippen LogP contribution in [0.25, 0.3) is 0 Å². The summed E-state index contributed by atoms with van der Waals surface area (Å²) in [4.78, 5) is 11.9. The van der Waals surface area contributed by atoms with Crippen molar-refractivity contribution in [3.63, 3.8) is 0 Å². The molecule has 0 unspecified atom stereocenters. The van der Waals surface area contributed by atoms with Gasteiger partial charge in [-0.05, 0) is 55.7 Å². The van der Waals surface area contributed by atoms with E-state index in [0.29, 0.717) is 17.0 Å². The predicted molar refractivity (Wildman–Crippen MR) is 92.9 cm³/mol. The van der Waals surface area contributed by atoms with E-state index < -0.39 is 0 Å². The molecule has 0 saturated carbocycles. The van der Waals surface area contributed by atoms with Gasteiger partial charge in [0, 0.05) is 0 Å². The molecule has 24 heavy (non-hydrogen) atoms. The number of rotatable bonds is 5. The molecule has 2 aromatic rings. The topological polar surface area (TPSA) is 74.5 Å². The van der Waals surface area contributed by atoms with E-state index in [1.54, 1.807) is 31.2 Å². The van der Waals surface area contributed by atoms with E-state index in [1.165, 1.54) is 0 Å². The highest BCUT2D eigenvalue weighted by Gasteiger charge is 2.05. The van der Waals surface area contributed by atoms with Crippen molar-refractivity contribution in [2.24, 2.45) is 5.10 Å². The van der Waals surface area contributed by atoms with Crippen LogP contribution in [0.5, 0.6) is 5.75 Å². The number of hydrogen-bond acceptors (Lipinski definition) is 4. The van der Waals surface area contributed by atoms with Crippen molar-refractivity contribution in [3.8, 4) is 11.8 Å². The van der Waals surface area contributed by atoms with Gasteiger partial charge in [0.05, 0.1) is 17.3 Å². The number of amides is 1. The minimum Gasteiger partial charge on any atom is -0.483 e. The number of nitriles is 1. The van der Waals surface area contributed by atoms with Crippen LogP contribution in [0, 0.1) is 25.2 Å². The average Bonchev–Trinajstić information content (AvgIpc) is 2.60. The van der Waals surface area contributed by atoms with Gasteiger partial charge in [-0.2, -0.15) is 10.4 Å². The van der Waals surface area contributed by atoms with Crippen molar-refractivity contribution >= 4 is 11.6 Å². The van der Waals surface area contributed by atoms with E-state index in [-0.39, 0.29) is 12.5 Å². The zero-order chi connectivity index (χ0) is 17.5. The maximum absolute atomic E-state index is 11.9. The number of hydrogen-bond donors (Lipinski definition) is 1. The van der Waals surface area contributed by atoms with E-state index in [0.717, 1.165) is 16.7 Å². The fourth-order valence-corrected chi connectivity index (χ4v) is 2.04. The van der Waals surface area contributed by atoms with Gasteiger partial charge in [-0.3, -0.25) is 4.79 Å². The number of benzene rings is 2. The van der Waals surface area contributed by atoms with E-state index in [1.807, 2.05) is 32.0 Å². The Balaban J connectivity index is 1.92. The maximum Gasteiger partial charge on any atom is 0.277 e. The molecular formula is C19H19N3O2. The first-order valence-corrected chi connectivity index (χ1v) is 7.53. The number of nitrogens with one attached hydrogen (secondary N) is 1. The molecule has 0 heterocycles. The summed E-state index contributed by atoms with van der Waals surface area (Å²) in [6.45, 7) is 5.58. The van der Waals surface area contributed by atoms with Crippen LogP contribution < -0.4 is 10.2 Å². The zero-order valence-electron chi connectivity index (χ0n) is 14.0. The summed E-state index contributed by atoms with van der Waals surface area (Å²) >= 11 is 0. The maximum atomic E-state index is 11.9. The lowest BCUT2D eigenvalue weighted by atomic mass is 10.1. The summed E-state index contributed by atoms with van der Waals surface area (Å²) < 4.78 is 5.53. The van der Waals surface area contributed by atoms with Gasteiger partial charge in [0.2, 0.25) is 0 Å². The molecule has 0 atom stereocenters. The first-order valence-electron chi connectivity index (χ1n) is 7.53. The van der Waals surface area contributed by atoms with Crippen molar-refractivity contribution in [2.45, 2.75) is 20.8 Å². The molecule has 5 heteroatoms. The smallest absolute Gasteiger partial charge is 0.277 e. The number of nitrogens with zero attached hydrogens (tertiary/aromatic N) is 2. The quantitative estimate of drug-likeness (QED) is 0.679. The second-order valence-electron chi connectivity index (χ2n) is 5.48. The van der Waals surface area contributed by atoms with Crippen molar-refractivity contribution in [1.29, 1.82) is 5.26 Å². The van der Waals surface area contributed by atoms with Crippen molar-refractivity contribution in [2.75, 3.05) is 6.61 Å². The van der Waals surface area contributed by atoms with Crippen LogP contribution >= 0.6 is 0 Å². The summed E-state index contributed by atoms with van der Waals surface area (Å²) in [6, 6.07) is 14.9. The second kappa shape index (κ2) is 7.93. The fourth-order valence-electron chi connectivity index (χ4n) is 2.04. The lowest BCUT2D eigenvalue weighted by Gasteiger charge is -2.09. The Kier molecular flexibility index (Phi) is 5.69. The number of ether oxygens (including phenoxy) is 1. The van der Waals surface area contributed by atoms with Gasteiger partial charge in [0.1, 0.15) is 5.75 Å². The van der Waals surface area contributed by atoms with E-state index in [4.69, 9.17) is 10.00 Å². The summed E-state index contributed by atoms with van der Waals surface area (Å²) in [5, 5.41) is 12.8. The van der Waals surface area contributed by atoms with Gasteiger partial charge in [-0.15, -0.1) is 0 Å². The molecule has 0 spiro atoms. The first kappa shape index (κ1) is 17.2. The molecule has 0 saturated heterocycles.